The molecule has 0 aliphatic carbocycles. The number of anilines is 1. The van der Waals surface area contributed by atoms with E-state index in [1.165, 1.54) is 0 Å². The quantitative estimate of drug-likeness (QED) is 0.349. The minimum Gasteiger partial charge on any atom is -0.368 e. The topological polar surface area (TPSA) is 73.3 Å². The lowest BCUT2D eigenvalue weighted by molar-refractivity contribution is 0.305. The van der Waals surface area contributed by atoms with Gasteiger partial charge in [0.15, 0.2) is 5.82 Å². The first-order chi connectivity index (χ1) is 6.02. The average molecular weight is 187 g/mol. The van der Waals surface area contributed by atoms with Crippen molar-refractivity contribution < 1.29 is 14.0 Å². The number of nitrogens with two attached hydrogens (primary N) is 1. The molecule has 0 bridgehead atoms. The van der Waals surface area contributed by atoms with Crippen LogP contribution in [0.4, 0.5) is 14.5 Å². The van der Waals surface area contributed by atoms with E-state index in [1.54, 1.807) is 0 Å². The van der Waals surface area contributed by atoms with Gasteiger partial charge in [0.2, 0.25) is 5.96 Å². The molecule has 0 spiro atoms. The molecule has 0 aliphatic rings. The summed E-state index contributed by atoms with van der Waals surface area (Å²) in [5.41, 5.74) is 4.51. The van der Waals surface area contributed by atoms with Gasteiger partial charge >= 0.3 is 0 Å². The summed E-state index contributed by atoms with van der Waals surface area (Å²) in [4.78, 5) is 0. The maximum absolute atomic E-state index is 12.9. The van der Waals surface area contributed by atoms with E-state index in [0.29, 0.717) is 6.07 Å². The Balaban J connectivity index is 3.08. The van der Waals surface area contributed by atoms with E-state index in [-0.39, 0.29) is 10.8 Å². The van der Waals surface area contributed by atoms with Crippen LogP contribution in [-0.2, 0) is 0 Å². The van der Waals surface area contributed by atoms with Crippen LogP contribution >= 0.6 is 0 Å². The Bertz CT molecular complexity index is 343. The molecule has 13 heavy (non-hydrogen) atoms. The van der Waals surface area contributed by atoms with Gasteiger partial charge in [-0.3, -0.25) is 10.6 Å². The highest BCUT2D eigenvalue weighted by Crippen LogP contribution is 2.17. The van der Waals surface area contributed by atoms with Crippen LogP contribution in [0.5, 0.6) is 0 Å². The first-order valence-corrected chi connectivity index (χ1v) is 3.30. The van der Waals surface area contributed by atoms with E-state index in [1.807, 2.05) is 0 Å². The molecule has 0 aliphatic heterocycles. The predicted octanol–water partition coefficient (Wildman–Crippen LogP) is 1.05. The lowest BCUT2D eigenvalue weighted by Crippen LogP contribution is -2.33. The molecule has 0 saturated carbocycles. The van der Waals surface area contributed by atoms with Crippen molar-refractivity contribution in [2.45, 2.75) is 0 Å². The number of halogens is 2. The summed E-state index contributed by atoms with van der Waals surface area (Å²) in [6, 6.07) is 2.51. The maximum atomic E-state index is 12.9. The van der Waals surface area contributed by atoms with Gasteiger partial charge in [0, 0.05) is 6.07 Å². The summed E-state index contributed by atoms with van der Waals surface area (Å²) in [5, 5.41) is 15.9. The van der Waals surface area contributed by atoms with Crippen LogP contribution in [0.15, 0.2) is 18.2 Å². The Morgan fingerprint density at radius 3 is 2.54 bits per heavy atom. The van der Waals surface area contributed by atoms with Crippen molar-refractivity contribution in [1.82, 2.24) is 0 Å². The van der Waals surface area contributed by atoms with Gasteiger partial charge in [-0.1, -0.05) is 0 Å². The largest absolute Gasteiger partial charge is 0.368 e. The highest BCUT2D eigenvalue weighted by Gasteiger charge is 2.11. The van der Waals surface area contributed by atoms with Gasteiger partial charge in [0.1, 0.15) is 11.5 Å². The zero-order chi connectivity index (χ0) is 10.0. The summed E-state index contributed by atoms with van der Waals surface area (Å²) in [7, 11) is 0. The number of rotatable bonds is 1. The summed E-state index contributed by atoms with van der Waals surface area (Å²) in [5.74, 6) is -2.50. The van der Waals surface area contributed by atoms with Crippen molar-refractivity contribution in [2.75, 3.05) is 5.06 Å². The number of hydrogen-bond donors (Lipinski definition) is 3. The fourth-order valence-electron chi connectivity index (χ4n) is 0.783. The van der Waals surface area contributed by atoms with Gasteiger partial charge in [0.05, 0.1) is 0 Å². The van der Waals surface area contributed by atoms with Crippen molar-refractivity contribution in [1.29, 1.82) is 5.41 Å². The number of guanidine groups is 1. The maximum Gasteiger partial charge on any atom is 0.217 e. The number of nitrogens with zero attached hydrogens (tertiary/aromatic N) is 1. The standard InChI is InChI=1S/C7H7F2N3O/c8-4-1-2-6(5(9)3-4)12(13)7(10)11/h1-3,13H,(H3,10,11). The fraction of sp³-hybridized carbons (Fsp3) is 0. The highest BCUT2D eigenvalue weighted by molar-refractivity contribution is 5.90. The van der Waals surface area contributed by atoms with Crippen LogP contribution in [0.3, 0.4) is 0 Å². The zero-order valence-electron chi connectivity index (χ0n) is 6.46. The normalized spacial score (nSPS) is 9.77. The molecular weight excluding hydrogens is 180 g/mol. The van der Waals surface area contributed by atoms with Gasteiger partial charge in [-0.2, -0.15) is 5.06 Å². The minimum absolute atomic E-state index is 0.120. The Labute approximate surface area is 72.7 Å². The van der Waals surface area contributed by atoms with Crippen LogP contribution in [0, 0.1) is 17.0 Å². The van der Waals surface area contributed by atoms with Crippen molar-refractivity contribution in [3.63, 3.8) is 0 Å². The molecule has 1 aromatic carbocycles. The molecule has 0 amide bonds. The molecule has 0 unspecified atom stereocenters. The Kier molecular flexibility index (Phi) is 2.43. The first kappa shape index (κ1) is 9.40. The molecule has 1 rings (SSSR count). The van der Waals surface area contributed by atoms with Crippen molar-refractivity contribution in [3.05, 3.63) is 29.8 Å². The number of benzene rings is 1. The number of nitrogens with one attached hydrogen (secondary N) is 1. The molecule has 4 N–H and O–H groups in total. The van der Waals surface area contributed by atoms with Crippen LogP contribution in [-0.4, -0.2) is 11.2 Å². The van der Waals surface area contributed by atoms with E-state index in [4.69, 9.17) is 16.4 Å². The summed E-state index contributed by atoms with van der Waals surface area (Å²) >= 11 is 0. The lowest BCUT2D eigenvalue weighted by atomic mass is 10.3. The second kappa shape index (κ2) is 3.36. The SMILES string of the molecule is N=C(N)N(O)c1ccc(F)cc1F. The predicted molar refractivity (Wildman–Crippen MR) is 42.5 cm³/mol. The lowest BCUT2D eigenvalue weighted by Gasteiger charge is -2.14. The minimum atomic E-state index is -0.988. The Hall–Kier alpha value is -1.69. The van der Waals surface area contributed by atoms with Crippen LogP contribution in [0.25, 0.3) is 0 Å². The van der Waals surface area contributed by atoms with E-state index in [2.05, 4.69) is 0 Å². The number of hydroxylamine groups is 1. The second-order valence-corrected chi connectivity index (χ2v) is 2.29. The van der Waals surface area contributed by atoms with Crippen molar-refractivity contribution in [2.24, 2.45) is 5.73 Å². The Morgan fingerprint density at radius 2 is 2.08 bits per heavy atom. The third kappa shape index (κ3) is 1.91. The van der Waals surface area contributed by atoms with E-state index < -0.39 is 17.6 Å². The van der Waals surface area contributed by atoms with Crippen molar-refractivity contribution in [3.8, 4) is 0 Å². The molecule has 0 heterocycles. The second-order valence-electron chi connectivity index (χ2n) is 2.29. The van der Waals surface area contributed by atoms with Crippen LogP contribution < -0.4 is 10.8 Å². The average Bonchev–Trinajstić information content (AvgIpc) is 2.03. The van der Waals surface area contributed by atoms with E-state index >= 15 is 0 Å². The zero-order valence-corrected chi connectivity index (χ0v) is 6.46. The molecule has 0 atom stereocenters. The van der Waals surface area contributed by atoms with E-state index in [9.17, 15) is 8.78 Å². The first-order valence-electron chi connectivity index (χ1n) is 3.30. The molecule has 0 fully saturated rings. The molecule has 0 saturated heterocycles. The Morgan fingerprint density at radius 1 is 1.46 bits per heavy atom. The van der Waals surface area contributed by atoms with E-state index in [0.717, 1.165) is 12.1 Å². The molecule has 1 aromatic rings. The molecule has 6 heteroatoms. The van der Waals surface area contributed by atoms with Gasteiger partial charge in [-0.05, 0) is 12.1 Å². The third-order valence-electron chi connectivity index (χ3n) is 1.37. The van der Waals surface area contributed by atoms with Crippen molar-refractivity contribution >= 4 is 11.6 Å². The van der Waals surface area contributed by atoms with Crippen LogP contribution in [0.2, 0.25) is 0 Å². The summed E-state index contributed by atoms with van der Waals surface area (Å²) < 4.78 is 25.3. The number of hydrogen-bond acceptors (Lipinski definition) is 2. The molecule has 0 aromatic heterocycles. The van der Waals surface area contributed by atoms with Gasteiger partial charge in [-0.15, -0.1) is 0 Å². The molecular formula is C7H7F2N3O. The summed E-state index contributed by atoms with van der Waals surface area (Å²) in [6.07, 6.45) is 0. The van der Waals surface area contributed by atoms with Gasteiger partial charge in [0.25, 0.3) is 0 Å². The molecule has 0 radical (unpaired) electrons. The third-order valence-corrected chi connectivity index (χ3v) is 1.37. The smallest absolute Gasteiger partial charge is 0.217 e. The molecule has 70 valence electrons. The van der Waals surface area contributed by atoms with Crippen LogP contribution in [0.1, 0.15) is 0 Å². The van der Waals surface area contributed by atoms with Gasteiger partial charge in [-0.25, -0.2) is 8.78 Å². The molecule has 4 nitrogen and oxygen atoms in total. The highest BCUT2D eigenvalue weighted by atomic mass is 19.1. The van der Waals surface area contributed by atoms with Gasteiger partial charge < -0.3 is 5.73 Å². The fourth-order valence-corrected chi connectivity index (χ4v) is 0.783. The summed E-state index contributed by atoms with van der Waals surface area (Å²) in [6.45, 7) is 0. The monoisotopic (exact) mass is 187 g/mol.